The van der Waals surface area contributed by atoms with Gasteiger partial charge in [-0.3, -0.25) is 13.8 Å². The van der Waals surface area contributed by atoms with Crippen molar-refractivity contribution in [3.63, 3.8) is 0 Å². The minimum atomic E-state index is -4.25. The molecule has 0 heterocycles. The predicted molar refractivity (Wildman–Crippen MR) is 220 cm³/mol. The molecule has 0 fully saturated rings. The van der Waals surface area contributed by atoms with Crippen LogP contribution in [-0.2, 0) is 27.9 Å². The number of quaternary nitrogens is 1. The van der Waals surface area contributed by atoms with E-state index in [1.165, 1.54) is 141 Å². The number of hydrogen-bond acceptors (Lipinski definition) is 6. The largest absolute Gasteiger partial charge is 0.472 e. The van der Waals surface area contributed by atoms with Gasteiger partial charge in [0, 0.05) is 13.0 Å². The Morgan fingerprint density at radius 3 is 1.46 bits per heavy atom. The molecule has 0 bridgehead atoms. The molecule has 0 aliphatic rings. The lowest BCUT2D eigenvalue weighted by molar-refractivity contribution is -0.870. The first-order valence-electron chi connectivity index (χ1n) is 21.9. The molecule has 0 aromatic heterocycles. The molecule has 1 N–H and O–H groups in total. The summed E-state index contributed by atoms with van der Waals surface area (Å²) in [4.78, 5) is 22.5. The van der Waals surface area contributed by atoms with Gasteiger partial charge in [0.05, 0.1) is 34.4 Å². The fourth-order valence-electron chi connectivity index (χ4n) is 6.14. The van der Waals surface area contributed by atoms with E-state index in [9.17, 15) is 14.3 Å². The summed E-state index contributed by atoms with van der Waals surface area (Å²) in [6.45, 7) is 5.53. The van der Waals surface area contributed by atoms with Crippen molar-refractivity contribution in [3.8, 4) is 0 Å². The van der Waals surface area contributed by atoms with Crippen molar-refractivity contribution in [1.29, 1.82) is 0 Å². The van der Waals surface area contributed by atoms with E-state index in [-0.39, 0.29) is 25.8 Å². The van der Waals surface area contributed by atoms with E-state index in [1.807, 2.05) is 21.1 Å². The Balaban J connectivity index is 3.80. The van der Waals surface area contributed by atoms with E-state index in [4.69, 9.17) is 18.5 Å². The number of allylic oxidation sites excluding steroid dienone is 2. The van der Waals surface area contributed by atoms with Gasteiger partial charge in [-0.1, -0.05) is 167 Å². The summed E-state index contributed by atoms with van der Waals surface area (Å²) in [5.41, 5.74) is 0. The molecule has 0 aliphatic carbocycles. The summed E-state index contributed by atoms with van der Waals surface area (Å²) >= 11 is 0. The van der Waals surface area contributed by atoms with Crippen molar-refractivity contribution in [2.24, 2.45) is 0 Å². The highest BCUT2D eigenvalue weighted by Crippen LogP contribution is 2.43. The van der Waals surface area contributed by atoms with Crippen LogP contribution in [0.5, 0.6) is 0 Å². The van der Waals surface area contributed by atoms with Gasteiger partial charge < -0.3 is 18.9 Å². The Morgan fingerprint density at radius 2 is 1.00 bits per heavy atom. The van der Waals surface area contributed by atoms with Crippen LogP contribution in [0.15, 0.2) is 12.2 Å². The van der Waals surface area contributed by atoms with Gasteiger partial charge in [-0.05, 0) is 38.5 Å². The van der Waals surface area contributed by atoms with E-state index < -0.39 is 13.9 Å². The van der Waals surface area contributed by atoms with E-state index in [0.717, 1.165) is 38.5 Å². The lowest BCUT2D eigenvalue weighted by atomic mass is 10.0. The molecule has 9 heteroatoms. The maximum absolute atomic E-state index is 12.4. The second kappa shape index (κ2) is 37.2. The van der Waals surface area contributed by atoms with Crippen LogP contribution in [0.1, 0.15) is 200 Å². The monoisotopic (exact) mass is 761 g/mol. The van der Waals surface area contributed by atoms with Gasteiger partial charge in [-0.2, -0.15) is 0 Å². The molecule has 0 amide bonds. The quantitative estimate of drug-likeness (QED) is 0.0218. The molecular formula is C43H87NO7P+. The first-order valence-corrected chi connectivity index (χ1v) is 23.4. The lowest BCUT2D eigenvalue weighted by Gasteiger charge is -2.24. The average Bonchev–Trinajstić information content (AvgIpc) is 3.09. The summed E-state index contributed by atoms with van der Waals surface area (Å²) in [6, 6.07) is 0. The average molecular weight is 761 g/mol. The predicted octanol–water partition coefficient (Wildman–Crippen LogP) is 12.7. The second-order valence-corrected chi connectivity index (χ2v) is 17.5. The molecule has 0 radical (unpaired) electrons. The zero-order valence-electron chi connectivity index (χ0n) is 35.1. The number of esters is 1. The first-order chi connectivity index (χ1) is 25.1. The molecule has 0 saturated heterocycles. The zero-order chi connectivity index (χ0) is 38.4. The topological polar surface area (TPSA) is 91.3 Å². The SMILES string of the molecule is CCCCCCCCCC/C=C\CCCCCCCCCCCCCCCCOCC(COP(=O)(O)OCC[N+](C)(C)C)OC(=O)CCCCCC. The van der Waals surface area contributed by atoms with Crippen molar-refractivity contribution in [3.05, 3.63) is 12.2 Å². The van der Waals surface area contributed by atoms with Crippen LogP contribution in [0.2, 0.25) is 0 Å². The number of ether oxygens (including phenoxy) is 2. The maximum Gasteiger partial charge on any atom is 0.472 e. The molecule has 52 heavy (non-hydrogen) atoms. The number of carbonyl (C=O) groups is 1. The van der Waals surface area contributed by atoms with Gasteiger partial charge in [-0.25, -0.2) is 4.57 Å². The Morgan fingerprint density at radius 1 is 0.577 bits per heavy atom. The summed E-state index contributed by atoms with van der Waals surface area (Å²) in [5, 5.41) is 0. The second-order valence-electron chi connectivity index (χ2n) is 16.1. The third-order valence-corrected chi connectivity index (χ3v) is 10.6. The van der Waals surface area contributed by atoms with Gasteiger partial charge in [0.25, 0.3) is 0 Å². The Bertz CT molecular complexity index is 848. The summed E-state index contributed by atoms with van der Waals surface area (Å²) < 4.78 is 34.6. The van der Waals surface area contributed by atoms with Crippen LogP contribution >= 0.6 is 7.82 Å². The van der Waals surface area contributed by atoms with Gasteiger partial charge in [0.1, 0.15) is 19.3 Å². The summed E-state index contributed by atoms with van der Waals surface area (Å²) in [5.74, 6) is -0.329. The third-order valence-electron chi connectivity index (χ3n) is 9.58. The Kier molecular flexibility index (Phi) is 36.6. The van der Waals surface area contributed by atoms with E-state index >= 15 is 0 Å². The maximum atomic E-state index is 12.4. The third kappa shape index (κ3) is 40.4. The first kappa shape index (κ1) is 51.2. The number of unbranched alkanes of at least 4 members (excludes halogenated alkanes) is 25. The number of phosphoric acid groups is 1. The molecule has 0 aromatic rings. The smallest absolute Gasteiger partial charge is 0.457 e. The fraction of sp³-hybridized carbons (Fsp3) is 0.930. The van der Waals surface area contributed by atoms with Crippen molar-refractivity contribution in [2.45, 2.75) is 206 Å². The number of carbonyl (C=O) groups excluding carboxylic acids is 1. The molecular weight excluding hydrogens is 673 g/mol. The molecule has 0 spiro atoms. The molecule has 0 rings (SSSR count). The van der Waals surface area contributed by atoms with E-state index in [2.05, 4.69) is 26.0 Å². The molecule has 0 aromatic carbocycles. The van der Waals surface area contributed by atoms with Crippen LogP contribution < -0.4 is 0 Å². The highest BCUT2D eigenvalue weighted by atomic mass is 31.2. The number of likely N-dealkylation sites (N-methyl/N-ethyl adjacent to an activating group) is 1. The van der Waals surface area contributed by atoms with Crippen LogP contribution in [-0.4, -0.2) is 75.6 Å². The molecule has 2 atom stereocenters. The summed E-state index contributed by atoms with van der Waals surface area (Å²) in [7, 11) is 1.67. The van der Waals surface area contributed by atoms with Gasteiger partial charge in [0.2, 0.25) is 0 Å². The van der Waals surface area contributed by atoms with Gasteiger partial charge in [-0.15, -0.1) is 0 Å². The number of rotatable bonds is 41. The molecule has 0 saturated carbocycles. The number of phosphoric ester groups is 1. The van der Waals surface area contributed by atoms with Crippen LogP contribution in [0.3, 0.4) is 0 Å². The van der Waals surface area contributed by atoms with Crippen LogP contribution in [0.4, 0.5) is 0 Å². The lowest BCUT2D eigenvalue weighted by Crippen LogP contribution is -2.37. The van der Waals surface area contributed by atoms with E-state index in [1.54, 1.807) is 0 Å². The highest BCUT2D eigenvalue weighted by molar-refractivity contribution is 7.47. The van der Waals surface area contributed by atoms with Crippen LogP contribution in [0.25, 0.3) is 0 Å². The molecule has 310 valence electrons. The molecule has 0 aliphatic heterocycles. The molecule has 8 nitrogen and oxygen atoms in total. The minimum Gasteiger partial charge on any atom is -0.457 e. The highest BCUT2D eigenvalue weighted by Gasteiger charge is 2.26. The summed E-state index contributed by atoms with van der Waals surface area (Å²) in [6.07, 6.45) is 40.3. The van der Waals surface area contributed by atoms with E-state index in [0.29, 0.717) is 24.1 Å². The van der Waals surface area contributed by atoms with Crippen molar-refractivity contribution < 1.29 is 37.3 Å². The van der Waals surface area contributed by atoms with Crippen LogP contribution in [0, 0.1) is 0 Å². The Labute approximate surface area is 322 Å². The van der Waals surface area contributed by atoms with Gasteiger partial charge in [0.15, 0.2) is 0 Å². The van der Waals surface area contributed by atoms with Crippen molar-refractivity contribution in [2.75, 3.05) is 54.1 Å². The standard InChI is InChI=1S/C43H86NO7P/c1-6-8-10-12-13-14-15-16-17-18-19-20-21-22-23-24-25-26-27-28-29-30-31-32-33-35-38-48-40-42(51-43(45)36-34-11-9-7-2)41-50-52(46,47)49-39-37-44(3,4)5/h18-19,42H,6-17,20-41H2,1-5H3/p+1/b19-18-. The fourth-order valence-corrected chi connectivity index (χ4v) is 6.88. The van der Waals surface area contributed by atoms with Gasteiger partial charge >= 0.3 is 13.8 Å². The minimum absolute atomic E-state index is 0.0910. The Hall–Kier alpha value is -0.760. The normalized spacial score (nSPS) is 13.9. The number of nitrogens with zero attached hydrogens (tertiary/aromatic N) is 1. The zero-order valence-corrected chi connectivity index (χ0v) is 36.0. The van der Waals surface area contributed by atoms with Crippen molar-refractivity contribution in [1.82, 2.24) is 0 Å². The van der Waals surface area contributed by atoms with Crippen molar-refractivity contribution >= 4 is 13.8 Å². The number of hydrogen-bond donors (Lipinski definition) is 1. The molecule has 2 unspecified atom stereocenters.